The molecule has 0 aliphatic carbocycles. The lowest BCUT2D eigenvalue weighted by molar-refractivity contribution is 0.317. The highest BCUT2D eigenvalue weighted by Crippen LogP contribution is 2.24. The molecule has 1 atom stereocenters. The topological polar surface area (TPSA) is 79.7 Å². The van der Waals surface area contributed by atoms with Crippen LogP contribution in [0.4, 0.5) is 0 Å². The molecule has 3 aromatic rings. The van der Waals surface area contributed by atoms with Crippen LogP contribution in [0.1, 0.15) is 17.5 Å². The molecule has 1 unspecified atom stereocenters. The third kappa shape index (κ3) is 4.05. The van der Waals surface area contributed by atoms with Crippen LogP contribution < -0.4 is 20.5 Å². The van der Waals surface area contributed by atoms with Crippen molar-refractivity contribution in [2.45, 2.75) is 25.6 Å². The molecule has 2 aromatic carbocycles. The molecule has 7 nitrogen and oxygen atoms in total. The van der Waals surface area contributed by atoms with Gasteiger partial charge in [0, 0.05) is 43.9 Å². The monoisotopic (exact) mass is 383 g/mol. The minimum absolute atomic E-state index is 0.397. The van der Waals surface area contributed by atoms with Crippen LogP contribution in [0.5, 0.6) is 11.5 Å². The van der Waals surface area contributed by atoms with E-state index in [-0.39, 0.29) is 0 Å². The number of hydrogen-bond donors (Lipinski definition) is 2. The molecule has 1 fully saturated rings. The third-order valence-electron chi connectivity index (χ3n) is 5.20. The minimum Gasteiger partial charge on any atom is -0.497 e. The summed E-state index contributed by atoms with van der Waals surface area (Å²) in [4.78, 5) is 16.6. The van der Waals surface area contributed by atoms with Gasteiger partial charge in [-0.1, -0.05) is 12.1 Å². The van der Waals surface area contributed by atoms with Crippen molar-refractivity contribution in [2.24, 2.45) is 0 Å². The van der Waals surface area contributed by atoms with Crippen LogP contribution in [-0.2, 0) is 13.1 Å². The number of aromatic amines is 1. The number of methoxy groups -OCH3 is 2. The maximum absolute atomic E-state index is 11.4. The Morgan fingerprint density at radius 3 is 2.75 bits per heavy atom. The van der Waals surface area contributed by atoms with Gasteiger partial charge in [0.15, 0.2) is 5.58 Å². The van der Waals surface area contributed by atoms with Crippen molar-refractivity contribution in [3.8, 4) is 11.5 Å². The predicted octanol–water partition coefficient (Wildman–Crippen LogP) is 2.50. The van der Waals surface area contributed by atoms with Gasteiger partial charge in [0.25, 0.3) is 0 Å². The number of fused-ring (bicyclic) bond motifs is 1. The zero-order valence-electron chi connectivity index (χ0n) is 16.2. The molecule has 1 aliphatic rings. The van der Waals surface area contributed by atoms with Gasteiger partial charge in [0.05, 0.1) is 19.7 Å². The molecule has 148 valence electrons. The van der Waals surface area contributed by atoms with Gasteiger partial charge in [-0.15, -0.1) is 0 Å². The summed E-state index contributed by atoms with van der Waals surface area (Å²) < 4.78 is 16.0. The van der Waals surface area contributed by atoms with Crippen molar-refractivity contribution >= 4 is 11.1 Å². The quantitative estimate of drug-likeness (QED) is 0.653. The molecule has 1 saturated heterocycles. The number of para-hydroxylation sites is 1. The SMILES string of the molecule is COc1cc(CN2CCC(NCc3cccc4[nH]c(=O)oc34)C2)cc(OC)c1. The van der Waals surface area contributed by atoms with Gasteiger partial charge in [0.2, 0.25) is 0 Å². The Kier molecular flexibility index (Phi) is 5.36. The molecular formula is C21H25N3O4. The van der Waals surface area contributed by atoms with E-state index >= 15 is 0 Å². The first-order valence-corrected chi connectivity index (χ1v) is 9.43. The Morgan fingerprint density at radius 1 is 1.21 bits per heavy atom. The number of likely N-dealkylation sites (tertiary alicyclic amines) is 1. The van der Waals surface area contributed by atoms with Gasteiger partial charge in [-0.25, -0.2) is 4.79 Å². The number of ether oxygens (including phenoxy) is 2. The number of hydrogen-bond acceptors (Lipinski definition) is 6. The maximum atomic E-state index is 11.4. The fourth-order valence-corrected chi connectivity index (χ4v) is 3.78. The van der Waals surface area contributed by atoms with E-state index in [1.807, 2.05) is 24.3 Å². The Morgan fingerprint density at radius 2 is 2.00 bits per heavy atom. The number of nitrogens with one attached hydrogen (secondary N) is 2. The molecule has 0 bridgehead atoms. The number of oxazole rings is 1. The van der Waals surface area contributed by atoms with Gasteiger partial charge < -0.3 is 19.2 Å². The van der Waals surface area contributed by atoms with Gasteiger partial charge in [0.1, 0.15) is 11.5 Å². The highest BCUT2D eigenvalue weighted by atomic mass is 16.5. The van der Waals surface area contributed by atoms with Crippen molar-refractivity contribution in [3.63, 3.8) is 0 Å². The van der Waals surface area contributed by atoms with E-state index in [0.717, 1.165) is 48.6 Å². The van der Waals surface area contributed by atoms with Crippen molar-refractivity contribution in [2.75, 3.05) is 27.3 Å². The molecule has 0 saturated carbocycles. The van der Waals surface area contributed by atoms with Crippen molar-refractivity contribution in [3.05, 3.63) is 58.1 Å². The van der Waals surface area contributed by atoms with E-state index in [4.69, 9.17) is 13.9 Å². The second-order valence-corrected chi connectivity index (χ2v) is 7.13. The fourth-order valence-electron chi connectivity index (χ4n) is 3.78. The third-order valence-corrected chi connectivity index (χ3v) is 5.20. The summed E-state index contributed by atoms with van der Waals surface area (Å²) in [5, 5.41) is 3.59. The highest BCUT2D eigenvalue weighted by molar-refractivity contribution is 5.75. The summed E-state index contributed by atoms with van der Waals surface area (Å²) in [5.74, 6) is 1.21. The van der Waals surface area contributed by atoms with Crippen LogP contribution in [0.3, 0.4) is 0 Å². The average molecular weight is 383 g/mol. The molecule has 1 aliphatic heterocycles. The van der Waals surface area contributed by atoms with Gasteiger partial charge in [-0.2, -0.15) is 0 Å². The molecule has 0 amide bonds. The van der Waals surface area contributed by atoms with E-state index in [1.54, 1.807) is 14.2 Å². The Hall–Kier alpha value is -2.77. The number of aromatic nitrogens is 1. The van der Waals surface area contributed by atoms with E-state index in [1.165, 1.54) is 5.56 Å². The van der Waals surface area contributed by atoms with Crippen LogP contribution in [0.25, 0.3) is 11.1 Å². The van der Waals surface area contributed by atoms with Gasteiger partial charge in [-0.05, 0) is 30.2 Å². The first-order valence-electron chi connectivity index (χ1n) is 9.43. The molecule has 0 radical (unpaired) electrons. The molecule has 1 aromatic heterocycles. The average Bonchev–Trinajstić information content (AvgIpc) is 3.31. The second-order valence-electron chi connectivity index (χ2n) is 7.13. The molecule has 0 spiro atoms. The van der Waals surface area contributed by atoms with Crippen LogP contribution in [0.2, 0.25) is 0 Å². The van der Waals surface area contributed by atoms with Crippen molar-refractivity contribution in [1.82, 2.24) is 15.2 Å². The number of rotatable bonds is 7. The van der Waals surface area contributed by atoms with Crippen molar-refractivity contribution < 1.29 is 13.9 Å². The Bertz CT molecular complexity index is 988. The summed E-state index contributed by atoms with van der Waals surface area (Å²) in [6.45, 7) is 3.52. The zero-order valence-corrected chi connectivity index (χ0v) is 16.2. The van der Waals surface area contributed by atoms with Crippen LogP contribution >= 0.6 is 0 Å². The van der Waals surface area contributed by atoms with Gasteiger partial charge >= 0.3 is 5.76 Å². The van der Waals surface area contributed by atoms with Crippen molar-refractivity contribution in [1.29, 1.82) is 0 Å². The lowest BCUT2D eigenvalue weighted by Gasteiger charge is -2.18. The first-order chi connectivity index (χ1) is 13.6. The van der Waals surface area contributed by atoms with Crippen LogP contribution in [0, 0.1) is 0 Å². The molecule has 2 heterocycles. The largest absolute Gasteiger partial charge is 0.497 e. The minimum atomic E-state index is -0.414. The first kappa shape index (κ1) is 18.6. The van der Waals surface area contributed by atoms with E-state index in [2.05, 4.69) is 27.3 Å². The normalized spacial score (nSPS) is 17.3. The zero-order chi connectivity index (χ0) is 19.5. The molecule has 7 heteroatoms. The van der Waals surface area contributed by atoms with Crippen LogP contribution in [0.15, 0.2) is 45.6 Å². The Labute approximate surface area is 163 Å². The molecule has 4 rings (SSSR count). The van der Waals surface area contributed by atoms with Gasteiger partial charge in [-0.3, -0.25) is 9.88 Å². The number of benzene rings is 2. The number of nitrogens with zero attached hydrogens (tertiary/aromatic N) is 1. The van der Waals surface area contributed by atoms with E-state index in [0.29, 0.717) is 18.2 Å². The molecule has 2 N–H and O–H groups in total. The summed E-state index contributed by atoms with van der Waals surface area (Å²) in [6.07, 6.45) is 1.08. The molecular weight excluding hydrogens is 358 g/mol. The predicted molar refractivity (Wildman–Crippen MR) is 107 cm³/mol. The summed E-state index contributed by atoms with van der Waals surface area (Å²) in [7, 11) is 3.34. The number of H-pyrrole nitrogens is 1. The van der Waals surface area contributed by atoms with E-state index in [9.17, 15) is 4.79 Å². The fraction of sp³-hybridized carbons (Fsp3) is 0.381. The smallest absolute Gasteiger partial charge is 0.417 e. The summed E-state index contributed by atoms with van der Waals surface area (Å²) in [6, 6.07) is 12.2. The second kappa shape index (κ2) is 8.08. The lowest BCUT2D eigenvalue weighted by atomic mass is 10.1. The van der Waals surface area contributed by atoms with E-state index < -0.39 is 5.76 Å². The standard InChI is InChI=1S/C21H25N3O4/c1-26-17-8-14(9-18(10-17)27-2)12-24-7-6-16(13-24)22-11-15-4-3-5-19-20(15)28-21(25)23-19/h3-5,8-10,16,22H,6-7,11-13H2,1-2H3,(H,23,25). The highest BCUT2D eigenvalue weighted by Gasteiger charge is 2.22. The van der Waals surface area contributed by atoms with Crippen LogP contribution in [-0.4, -0.2) is 43.2 Å². The molecule has 28 heavy (non-hydrogen) atoms. The Balaban J connectivity index is 1.36. The maximum Gasteiger partial charge on any atom is 0.417 e. The summed E-state index contributed by atoms with van der Waals surface area (Å²) in [5.41, 5.74) is 3.55. The lowest BCUT2D eigenvalue weighted by Crippen LogP contribution is -2.32. The summed E-state index contributed by atoms with van der Waals surface area (Å²) >= 11 is 0.